The van der Waals surface area contributed by atoms with Crippen LogP contribution in [0.3, 0.4) is 0 Å². The molecule has 0 bridgehead atoms. The van der Waals surface area contributed by atoms with Crippen LogP contribution in [0, 0.1) is 5.41 Å². The first kappa shape index (κ1) is 37.1. The maximum atomic E-state index is 12.6. The first-order valence-corrected chi connectivity index (χ1v) is 16.2. The number of amides is 2. The molecular weight excluding hydrogens is 520 g/mol. The molecule has 0 aromatic carbocycles. The predicted octanol–water partition coefficient (Wildman–Crippen LogP) is 6.76. The summed E-state index contributed by atoms with van der Waals surface area (Å²) < 4.78 is 16.7. The highest BCUT2D eigenvalue weighted by Crippen LogP contribution is 2.34. The van der Waals surface area contributed by atoms with Crippen molar-refractivity contribution in [2.75, 3.05) is 19.8 Å². The number of nitrogens with one attached hydrogen (secondary N) is 2. The van der Waals surface area contributed by atoms with E-state index in [0.29, 0.717) is 13.0 Å². The maximum absolute atomic E-state index is 12.6. The first-order valence-electron chi connectivity index (χ1n) is 16.2. The third-order valence-corrected chi connectivity index (χ3v) is 7.34. The molecule has 0 aromatic rings. The molecule has 0 radical (unpaired) electrons. The molecule has 0 spiro atoms. The molecule has 41 heavy (non-hydrogen) atoms. The van der Waals surface area contributed by atoms with Gasteiger partial charge in [-0.2, -0.15) is 0 Å². The highest BCUT2D eigenvalue weighted by atomic mass is 16.7. The number of hydrogen-bond acceptors (Lipinski definition) is 6. The Hall–Kier alpha value is -1.93. The van der Waals surface area contributed by atoms with Crippen LogP contribution in [-0.2, 0) is 28.6 Å². The molecule has 8 heteroatoms. The molecule has 2 N–H and O–H groups in total. The first-order chi connectivity index (χ1) is 19.5. The predicted molar refractivity (Wildman–Crippen MR) is 164 cm³/mol. The minimum Gasteiger partial charge on any atom is -0.463 e. The summed E-state index contributed by atoms with van der Waals surface area (Å²) in [4.78, 5) is 36.9. The van der Waals surface area contributed by atoms with Crippen molar-refractivity contribution in [1.29, 1.82) is 0 Å². The Morgan fingerprint density at radius 1 is 0.878 bits per heavy atom. The quantitative estimate of drug-likeness (QED) is 0.0834. The average molecular weight is 581 g/mol. The van der Waals surface area contributed by atoms with Crippen molar-refractivity contribution in [2.45, 2.75) is 156 Å². The number of carbonyl (C=O) groups excluding carboxylic acids is 3. The third-order valence-electron chi connectivity index (χ3n) is 7.34. The molecule has 0 saturated carbocycles. The van der Waals surface area contributed by atoms with Crippen LogP contribution in [0.2, 0.25) is 0 Å². The van der Waals surface area contributed by atoms with Gasteiger partial charge in [0.05, 0.1) is 19.1 Å². The van der Waals surface area contributed by atoms with E-state index < -0.39 is 23.3 Å². The van der Waals surface area contributed by atoms with Crippen LogP contribution in [0.5, 0.6) is 0 Å². The van der Waals surface area contributed by atoms with Crippen LogP contribution in [0.25, 0.3) is 0 Å². The summed E-state index contributed by atoms with van der Waals surface area (Å²) >= 11 is 0. The second-order valence-electron chi connectivity index (χ2n) is 12.7. The molecule has 1 aliphatic heterocycles. The summed E-state index contributed by atoms with van der Waals surface area (Å²) in [6.07, 6.45) is 20.5. The maximum Gasteiger partial charge on any atom is 0.307 e. The Kier molecular flexibility index (Phi) is 18.9. The van der Waals surface area contributed by atoms with Gasteiger partial charge in [0.1, 0.15) is 12.7 Å². The van der Waals surface area contributed by atoms with E-state index in [0.717, 1.165) is 25.7 Å². The van der Waals surface area contributed by atoms with Gasteiger partial charge in [-0.05, 0) is 52.9 Å². The highest BCUT2D eigenvalue weighted by molar-refractivity contribution is 5.82. The molecule has 1 aliphatic rings. The number of unbranched alkanes of at least 4 members (excludes halogenated alkanes) is 11. The molecule has 1 fully saturated rings. The van der Waals surface area contributed by atoms with E-state index in [2.05, 4.69) is 29.7 Å². The Bertz CT molecular complexity index is 780. The molecular formula is C33H60N2O6. The number of esters is 1. The zero-order valence-electron chi connectivity index (χ0n) is 27.0. The number of carbonyl (C=O) groups is 3. The third kappa shape index (κ3) is 18.3. The van der Waals surface area contributed by atoms with Crippen LogP contribution >= 0.6 is 0 Å². The van der Waals surface area contributed by atoms with Crippen LogP contribution in [0.1, 0.15) is 138 Å². The van der Waals surface area contributed by atoms with Gasteiger partial charge in [0.25, 0.3) is 0 Å². The standard InChI is InChI=1S/C33H60N2O6/c1-7-8-9-10-11-12-13-14-15-16-17-18-19-20-21-22-28(36)35-27(2)25-39-29(37)23-24-34-31(38)30-32(3,4)26-40-33(5,6)41-30/h14-15,27,30H,7-13,16-26H2,1-6H3,(H,34,38)(H,35,36). The molecule has 2 atom stereocenters. The minimum atomic E-state index is -0.832. The monoisotopic (exact) mass is 580 g/mol. The zero-order valence-corrected chi connectivity index (χ0v) is 27.0. The van der Waals surface area contributed by atoms with Crippen LogP contribution in [-0.4, -0.2) is 55.5 Å². The van der Waals surface area contributed by atoms with Gasteiger partial charge in [-0.25, -0.2) is 0 Å². The summed E-state index contributed by atoms with van der Waals surface area (Å²) in [6, 6.07) is -0.261. The van der Waals surface area contributed by atoms with Gasteiger partial charge >= 0.3 is 5.97 Å². The van der Waals surface area contributed by atoms with Crippen LogP contribution in [0.4, 0.5) is 0 Å². The lowest BCUT2D eigenvalue weighted by Gasteiger charge is -2.44. The van der Waals surface area contributed by atoms with E-state index in [-0.39, 0.29) is 37.4 Å². The number of rotatable bonds is 22. The molecule has 0 aliphatic carbocycles. The fraction of sp³-hybridized carbons (Fsp3) is 0.848. The number of ether oxygens (including phenoxy) is 3. The van der Waals surface area contributed by atoms with Crippen molar-refractivity contribution in [2.24, 2.45) is 5.41 Å². The molecule has 238 valence electrons. The van der Waals surface area contributed by atoms with Gasteiger partial charge in [-0.15, -0.1) is 0 Å². The van der Waals surface area contributed by atoms with Gasteiger partial charge in [0, 0.05) is 18.4 Å². The SMILES string of the molecule is CCCCCCCCC=CCCCCCCCC(=O)NC(C)COC(=O)CCNC(=O)C1OC(C)(C)OCC1(C)C. The molecule has 2 unspecified atom stereocenters. The van der Waals surface area contributed by atoms with Crippen LogP contribution in [0.15, 0.2) is 12.2 Å². The van der Waals surface area contributed by atoms with Gasteiger partial charge in [-0.1, -0.05) is 84.3 Å². The van der Waals surface area contributed by atoms with E-state index in [1.54, 1.807) is 13.8 Å². The van der Waals surface area contributed by atoms with Crippen LogP contribution < -0.4 is 10.6 Å². The molecule has 0 aromatic heterocycles. The molecule has 1 rings (SSSR count). The second-order valence-corrected chi connectivity index (χ2v) is 12.7. The fourth-order valence-corrected chi connectivity index (χ4v) is 4.74. The van der Waals surface area contributed by atoms with Gasteiger partial charge in [0.15, 0.2) is 5.79 Å². The summed E-state index contributed by atoms with van der Waals surface area (Å²) in [5.41, 5.74) is -0.474. The van der Waals surface area contributed by atoms with Crippen molar-refractivity contribution in [1.82, 2.24) is 10.6 Å². The number of hydrogen-bond donors (Lipinski definition) is 2. The topological polar surface area (TPSA) is 103 Å². The van der Waals surface area contributed by atoms with E-state index >= 15 is 0 Å². The molecule has 1 saturated heterocycles. The molecule has 1 heterocycles. The largest absolute Gasteiger partial charge is 0.463 e. The minimum absolute atomic E-state index is 0.0135. The lowest BCUT2D eigenvalue weighted by atomic mass is 9.85. The normalized spacial score (nSPS) is 18.6. The summed E-state index contributed by atoms with van der Waals surface area (Å²) in [7, 11) is 0. The van der Waals surface area contributed by atoms with E-state index in [1.807, 2.05) is 20.8 Å². The second kappa shape index (κ2) is 20.9. The van der Waals surface area contributed by atoms with Crippen molar-refractivity contribution >= 4 is 17.8 Å². The number of allylic oxidation sites excluding steroid dienone is 2. The average Bonchev–Trinajstić information content (AvgIpc) is 2.91. The van der Waals surface area contributed by atoms with E-state index in [4.69, 9.17) is 14.2 Å². The lowest BCUT2D eigenvalue weighted by Crippen LogP contribution is -2.56. The Labute approximate surface area is 250 Å². The van der Waals surface area contributed by atoms with Gasteiger partial charge in [-0.3, -0.25) is 14.4 Å². The summed E-state index contributed by atoms with van der Waals surface area (Å²) in [5.74, 6) is -1.53. The van der Waals surface area contributed by atoms with E-state index in [1.165, 1.54) is 57.8 Å². The zero-order chi connectivity index (χ0) is 30.6. The Morgan fingerprint density at radius 2 is 1.46 bits per heavy atom. The Balaban J connectivity index is 2.02. The fourth-order valence-electron chi connectivity index (χ4n) is 4.74. The van der Waals surface area contributed by atoms with Gasteiger partial charge < -0.3 is 24.8 Å². The highest BCUT2D eigenvalue weighted by Gasteiger charge is 2.45. The van der Waals surface area contributed by atoms with Crippen molar-refractivity contribution < 1.29 is 28.6 Å². The Morgan fingerprint density at radius 3 is 2.10 bits per heavy atom. The summed E-state index contributed by atoms with van der Waals surface area (Å²) in [5, 5.41) is 5.66. The van der Waals surface area contributed by atoms with Crippen molar-refractivity contribution in [3.05, 3.63) is 12.2 Å². The molecule has 2 amide bonds. The molecule has 8 nitrogen and oxygen atoms in total. The van der Waals surface area contributed by atoms with E-state index in [9.17, 15) is 14.4 Å². The van der Waals surface area contributed by atoms with Gasteiger partial charge in [0.2, 0.25) is 11.8 Å². The van der Waals surface area contributed by atoms with Crippen molar-refractivity contribution in [3.8, 4) is 0 Å². The summed E-state index contributed by atoms with van der Waals surface area (Å²) in [6.45, 7) is 12.1. The van der Waals surface area contributed by atoms with Crippen molar-refractivity contribution in [3.63, 3.8) is 0 Å². The smallest absolute Gasteiger partial charge is 0.307 e. The lowest BCUT2D eigenvalue weighted by molar-refractivity contribution is -0.304.